The van der Waals surface area contributed by atoms with E-state index in [0.29, 0.717) is 18.9 Å². The highest BCUT2D eigenvalue weighted by Gasteiger charge is 2.38. The Balaban J connectivity index is 2.09. The van der Waals surface area contributed by atoms with Gasteiger partial charge < -0.3 is 19.3 Å². The molecule has 0 bridgehead atoms. The quantitative estimate of drug-likeness (QED) is 0.890. The number of ether oxygens (including phenoxy) is 1. The summed E-state index contributed by atoms with van der Waals surface area (Å²) in [6.45, 7) is 7.66. The number of carbonyl (C=O) groups is 1. The third-order valence-electron chi connectivity index (χ3n) is 3.10. The van der Waals surface area contributed by atoms with Crippen LogP contribution in [0.15, 0.2) is 4.52 Å². The van der Waals surface area contributed by atoms with Gasteiger partial charge in [0.25, 0.3) is 0 Å². The number of carbonyl (C=O) groups excluding carboxylic acids is 1. The Kier molecular flexibility index (Phi) is 3.99. The third kappa shape index (κ3) is 3.27. The molecule has 1 aromatic heterocycles. The molecule has 20 heavy (non-hydrogen) atoms. The molecule has 1 saturated heterocycles. The highest BCUT2D eigenvalue weighted by atomic mass is 16.6. The minimum absolute atomic E-state index is 0.211. The fourth-order valence-electron chi connectivity index (χ4n) is 2.28. The van der Waals surface area contributed by atoms with Crippen LogP contribution in [-0.2, 0) is 4.74 Å². The summed E-state index contributed by atoms with van der Waals surface area (Å²) in [5, 5.41) is 14.0. The number of nitrogens with zero attached hydrogens (tertiary/aromatic N) is 3. The highest BCUT2D eigenvalue weighted by Crippen LogP contribution is 2.29. The fraction of sp³-hybridized carbons (Fsp3) is 0.769. The second kappa shape index (κ2) is 5.40. The molecule has 0 radical (unpaired) electrons. The van der Waals surface area contributed by atoms with Crippen LogP contribution in [0.1, 0.15) is 51.4 Å². The van der Waals surface area contributed by atoms with Crippen molar-refractivity contribution in [2.45, 2.75) is 58.3 Å². The molecule has 0 spiro atoms. The topological polar surface area (TPSA) is 88.7 Å². The first-order chi connectivity index (χ1) is 9.28. The van der Waals surface area contributed by atoms with E-state index in [4.69, 9.17) is 9.26 Å². The zero-order valence-corrected chi connectivity index (χ0v) is 12.3. The minimum Gasteiger partial charge on any atom is -0.444 e. The van der Waals surface area contributed by atoms with E-state index in [1.807, 2.05) is 20.8 Å². The summed E-state index contributed by atoms with van der Waals surface area (Å²) in [4.78, 5) is 17.7. The summed E-state index contributed by atoms with van der Waals surface area (Å²) >= 11 is 0. The average Bonchev–Trinajstić information content (AvgIpc) is 2.93. The Morgan fingerprint density at radius 2 is 2.25 bits per heavy atom. The van der Waals surface area contributed by atoms with Crippen LogP contribution in [0.2, 0.25) is 0 Å². The zero-order valence-electron chi connectivity index (χ0n) is 12.3. The number of amides is 1. The summed E-state index contributed by atoms with van der Waals surface area (Å²) in [5.74, 6) is 0.601. The van der Waals surface area contributed by atoms with Crippen molar-refractivity contribution in [2.24, 2.45) is 0 Å². The van der Waals surface area contributed by atoms with Crippen LogP contribution in [0.25, 0.3) is 0 Å². The van der Waals surface area contributed by atoms with Gasteiger partial charge in [-0.25, -0.2) is 4.79 Å². The molecule has 1 amide bonds. The smallest absolute Gasteiger partial charge is 0.410 e. The molecular weight excluding hydrogens is 262 g/mol. The van der Waals surface area contributed by atoms with Crippen molar-refractivity contribution in [3.63, 3.8) is 0 Å². The predicted octanol–water partition coefficient (Wildman–Crippen LogP) is 1.81. The molecule has 2 rings (SSSR count). The number of aryl methyl sites for hydroxylation is 1. The maximum Gasteiger partial charge on any atom is 0.410 e. The van der Waals surface area contributed by atoms with Crippen LogP contribution in [-0.4, -0.2) is 44.4 Å². The molecule has 1 fully saturated rings. The Hall–Kier alpha value is -1.63. The summed E-state index contributed by atoms with van der Waals surface area (Å²) in [6, 6.07) is -0.373. The van der Waals surface area contributed by atoms with E-state index in [0.717, 1.165) is 6.42 Å². The van der Waals surface area contributed by atoms with E-state index >= 15 is 0 Å². The Labute approximate surface area is 117 Å². The number of aliphatic hydroxyl groups excluding tert-OH is 1. The first-order valence-corrected chi connectivity index (χ1v) is 6.76. The average molecular weight is 283 g/mol. The molecular formula is C13H21N3O4. The van der Waals surface area contributed by atoms with Gasteiger partial charge in [-0.2, -0.15) is 4.98 Å². The van der Waals surface area contributed by atoms with Gasteiger partial charge in [0.1, 0.15) is 11.7 Å². The molecule has 2 atom stereocenters. The van der Waals surface area contributed by atoms with Crippen LogP contribution in [0.3, 0.4) is 0 Å². The standard InChI is InChI=1S/C13H21N3O4/c1-8-14-11(15-20-8)10(17)9-6-5-7-16(9)12(18)19-13(2,3)4/h9-10,17H,5-7H2,1-4H3/t9-,10?/m0/s1. The minimum atomic E-state index is -0.956. The van der Waals surface area contributed by atoms with Crippen molar-refractivity contribution in [1.29, 1.82) is 0 Å². The zero-order chi connectivity index (χ0) is 14.9. The van der Waals surface area contributed by atoms with Gasteiger partial charge in [0, 0.05) is 13.5 Å². The Morgan fingerprint density at radius 3 is 2.80 bits per heavy atom. The molecule has 0 aliphatic carbocycles. The van der Waals surface area contributed by atoms with Crippen molar-refractivity contribution >= 4 is 6.09 Å². The van der Waals surface area contributed by atoms with Gasteiger partial charge >= 0.3 is 6.09 Å². The second-order valence-electron chi connectivity index (χ2n) is 6.00. The fourth-order valence-corrected chi connectivity index (χ4v) is 2.28. The van der Waals surface area contributed by atoms with E-state index in [-0.39, 0.29) is 11.9 Å². The molecule has 1 aliphatic rings. The Morgan fingerprint density at radius 1 is 1.55 bits per heavy atom. The van der Waals surface area contributed by atoms with Crippen molar-refractivity contribution < 1.29 is 19.2 Å². The van der Waals surface area contributed by atoms with Crippen LogP contribution in [0.5, 0.6) is 0 Å². The maximum absolute atomic E-state index is 12.1. The molecule has 7 heteroatoms. The van der Waals surface area contributed by atoms with Gasteiger partial charge in [-0.3, -0.25) is 0 Å². The lowest BCUT2D eigenvalue weighted by Crippen LogP contribution is -2.42. The van der Waals surface area contributed by atoms with Crippen molar-refractivity contribution in [1.82, 2.24) is 15.0 Å². The van der Waals surface area contributed by atoms with Crippen molar-refractivity contribution in [2.75, 3.05) is 6.54 Å². The van der Waals surface area contributed by atoms with Gasteiger partial charge in [0.15, 0.2) is 0 Å². The van der Waals surface area contributed by atoms with E-state index in [9.17, 15) is 9.90 Å². The lowest BCUT2D eigenvalue weighted by atomic mass is 10.1. The molecule has 1 N–H and O–H groups in total. The van der Waals surface area contributed by atoms with E-state index < -0.39 is 17.8 Å². The molecule has 112 valence electrons. The number of hydrogen-bond acceptors (Lipinski definition) is 6. The maximum atomic E-state index is 12.1. The van der Waals surface area contributed by atoms with Gasteiger partial charge in [-0.1, -0.05) is 5.16 Å². The molecule has 1 unspecified atom stereocenters. The van der Waals surface area contributed by atoms with Crippen molar-refractivity contribution in [3.8, 4) is 0 Å². The van der Waals surface area contributed by atoms with Gasteiger partial charge in [-0.15, -0.1) is 0 Å². The molecule has 1 aromatic rings. The first-order valence-electron chi connectivity index (χ1n) is 6.76. The number of likely N-dealkylation sites (tertiary alicyclic amines) is 1. The van der Waals surface area contributed by atoms with E-state index in [1.165, 1.54) is 0 Å². The lowest BCUT2D eigenvalue weighted by Gasteiger charge is -2.30. The number of hydrogen-bond donors (Lipinski definition) is 1. The molecule has 0 aromatic carbocycles. The van der Waals surface area contributed by atoms with Gasteiger partial charge in [0.2, 0.25) is 11.7 Å². The van der Waals surface area contributed by atoms with E-state index in [2.05, 4.69) is 10.1 Å². The number of rotatable bonds is 2. The van der Waals surface area contributed by atoms with Crippen LogP contribution < -0.4 is 0 Å². The summed E-state index contributed by atoms with van der Waals surface area (Å²) < 4.78 is 10.2. The summed E-state index contributed by atoms with van der Waals surface area (Å²) in [5.41, 5.74) is -0.558. The molecule has 1 aliphatic heterocycles. The highest BCUT2D eigenvalue weighted by molar-refractivity contribution is 5.69. The van der Waals surface area contributed by atoms with Gasteiger partial charge in [-0.05, 0) is 33.6 Å². The second-order valence-corrected chi connectivity index (χ2v) is 6.00. The SMILES string of the molecule is Cc1nc(C(O)[C@@H]2CCCN2C(=O)OC(C)(C)C)no1. The normalized spacial score (nSPS) is 21.1. The number of aliphatic hydroxyl groups is 1. The monoisotopic (exact) mass is 283 g/mol. The summed E-state index contributed by atoms with van der Waals surface area (Å²) in [7, 11) is 0. The number of aromatic nitrogens is 2. The molecule has 7 nitrogen and oxygen atoms in total. The predicted molar refractivity (Wildman–Crippen MR) is 70.0 cm³/mol. The Bertz CT molecular complexity index is 480. The van der Waals surface area contributed by atoms with Gasteiger partial charge in [0.05, 0.1) is 6.04 Å². The van der Waals surface area contributed by atoms with Crippen LogP contribution in [0.4, 0.5) is 4.79 Å². The third-order valence-corrected chi connectivity index (χ3v) is 3.10. The largest absolute Gasteiger partial charge is 0.444 e. The lowest BCUT2D eigenvalue weighted by molar-refractivity contribution is 0.00312. The first kappa shape index (κ1) is 14.8. The van der Waals surface area contributed by atoms with E-state index in [1.54, 1.807) is 11.8 Å². The molecule has 0 saturated carbocycles. The van der Waals surface area contributed by atoms with Crippen molar-refractivity contribution in [3.05, 3.63) is 11.7 Å². The van der Waals surface area contributed by atoms with Crippen LogP contribution in [0, 0.1) is 6.92 Å². The summed E-state index contributed by atoms with van der Waals surface area (Å²) in [6.07, 6.45) is 0.132. The van der Waals surface area contributed by atoms with Crippen LogP contribution >= 0.6 is 0 Å². The molecule has 2 heterocycles.